The summed E-state index contributed by atoms with van der Waals surface area (Å²) in [4.78, 5) is 43.9. The Morgan fingerprint density at radius 2 is 1.96 bits per heavy atom. The van der Waals surface area contributed by atoms with Crippen molar-refractivity contribution in [2.75, 3.05) is 5.32 Å². The SMILES string of the molecule is CC(=O)OCc1cnc2[nH]c(=O)[nH]c(=O)c2c1CNc1ccc(C)c(C)c1. The number of fused-ring (bicyclic) bond motifs is 1. The topological polar surface area (TPSA) is 117 Å². The van der Waals surface area contributed by atoms with E-state index >= 15 is 0 Å². The van der Waals surface area contributed by atoms with Gasteiger partial charge in [0, 0.05) is 30.9 Å². The number of hydrogen-bond donors (Lipinski definition) is 3. The number of anilines is 1. The van der Waals surface area contributed by atoms with Crippen molar-refractivity contribution < 1.29 is 9.53 Å². The molecule has 0 saturated heterocycles. The molecule has 0 atom stereocenters. The minimum absolute atomic E-state index is 0.0131. The lowest BCUT2D eigenvalue weighted by Gasteiger charge is -2.14. The van der Waals surface area contributed by atoms with E-state index in [0.29, 0.717) is 17.7 Å². The summed E-state index contributed by atoms with van der Waals surface area (Å²) in [5, 5.41) is 3.54. The van der Waals surface area contributed by atoms with Gasteiger partial charge in [0.05, 0.1) is 5.39 Å². The number of esters is 1. The second-order valence-corrected chi connectivity index (χ2v) is 6.33. The molecular formula is C19H20N4O4. The van der Waals surface area contributed by atoms with Crippen molar-refractivity contribution in [3.8, 4) is 0 Å². The van der Waals surface area contributed by atoms with Crippen molar-refractivity contribution in [3.05, 3.63) is 67.5 Å². The van der Waals surface area contributed by atoms with Gasteiger partial charge in [-0.3, -0.25) is 19.6 Å². The Bertz CT molecular complexity index is 1130. The quantitative estimate of drug-likeness (QED) is 0.592. The van der Waals surface area contributed by atoms with Crippen LogP contribution in [0.4, 0.5) is 5.69 Å². The van der Waals surface area contributed by atoms with E-state index in [4.69, 9.17) is 4.74 Å². The first-order valence-corrected chi connectivity index (χ1v) is 8.42. The summed E-state index contributed by atoms with van der Waals surface area (Å²) in [5.41, 5.74) is 3.43. The molecule has 1 aromatic carbocycles. The Labute approximate surface area is 154 Å². The minimum atomic E-state index is -0.624. The van der Waals surface area contributed by atoms with Crippen LogP contribution in [0.3, 0.4) is 0 Å². The molecule has 0 spiro atoms. The average molecular weight is 368 g/mol. The molecule has 140 valence electrons. The van der Waals surface area contributed by atoms with Crippen LogP contribution in [0.25, 0.3) is 11.0 Å². The first-order valence-electron chi connectivity index (χ1n) is 8.42. The average Bonchev–Trinajstić information content (AvgIpc) is 2.60. The molecule has 0 aliphatic carbocycles. The third-order valence-electron chi connectivity index (χ3n) is 4.37. The Kier molecular flexibility index (Phi) is 5.07. The maximum absolute atomic E-state index is 12.4. The predicted molar refractivity (Wildman–Crippen MR) is 102 cm³/mol. The zero-order chi connectivity index (χ0) is 19.6. The number of rotatable bonds is 5. The summed E-state index contributed by atoms with van der Waals surface area (Å²) in [6.45, 7) is 5.65. The normalized spacial score (nSPS) is 10.8. The monoisotopic (exact) mass is 368 g/mol. The summed E-state index contributed by atoms with van der Waals surface area (Å²) in [6.07, 6.45) is 1.50. The maximum Gasteiger partial charge on any atom is 0.327 e. The standard InChI is InChI=1S/C19H20N4O4/c1-10-4-5-14(6-11(10)2)20-8-15-13(9-27-12(3)24)7-21-17-16(15)18(25)23-19(26)22-17/h4-7,20H,8-9H2,1-3H3,(H2,21,22,23,25,26). The van der Waals surface area contributed by atoms with Crippen LogP contribution < -0.4 is 16.6 Å². The molecule has 0 unspecified atom stereocenters. The number of carbonyl (C=O) groups is 1. The maximum atomic E-state index is 12.4. The fourth-order valence-corrected chi connectivity index (χ4v) is 2.78. The lowest BCUT2D eigenvalue weighted by atomic mass is 10.1. The first-order chi connectivity index (χ1) is 12.8. The van der Waals surface area contributed by atoms with E-state index < -0.39 is 17.2 Å². The van der Waals surface area contributed by atoms with Crippen molar-refractivity contribution in [1.29, 1.82) is 0 Å². The lowest BCUT2D eigenvalue weighted by molar-refractivity contribution is -0.142. The predicted octanol–water partition coefficient (Wildman–Crippen LogP) is 1.90. The van der Waals surface area contributed by atoms with Crippen LogP contribution in [-0.2, 0) is 22.7 Å². The molecule has 0 radical (unpaired) electrons. The van der Waals surface area contributed by atoms with Gasteiger partial charge in [-0.05, 0) is 42.7 Å². The Hall–Kier alpha value is -3.42. The Balaban J connectivity index is 2.04. The van der Waals surface area contributed by atoms with Crippen molar-refractivity contribution in [2.45, 2.75) is 33.9 Å². The van der Waals surface area contributed by atoms with Crippen LogP contribution in [0.15, 0.2) is 34.0 Å². The molecule has 3 rings (SSSR count). The van der Waals surface area contributed by atoms with E-state index in [-0.39, 0.29) is 17.6 Å². The molecule has 0 amide bonds. The first kappa shape index (κ1) is 18.4. The van der Waals surface area contributed by atoms with Gasteiger partial charge in [0.25, 0.3) is 5.56 Å². The summed E-state index contributed by atoms with van der Waals surface area (Å²) < 4.78 is 5.08. The second-order valence-electron chi connectivity index (χ2n) is 6.33. The van der Waals surface area contributed by atoms with Gasteiger partial charge in [0.2, 0.25) is 0 Å². The molecule has 2 heterocycles. The van der Waals surface area contributed by atoms with Crippen LogP contribution in [0.5, 0.6) is 0 Å². The highest BCUT2D eigenvalue weighted by Crippen LogP contribution is 2.20. The number of nitrogens with zero attached hydrogens (tertiary/aromatic N) is 1. The molecule has 0 aliphatic rings. The van der Waals surface area contributed by atoms with Crippen LogP contribution in [-0.4, -0.2) is 20.9 Å². The number of aromatic nitrogens is 3. The molecule has 27 heavy (non-hydrogen) atoms. The number of benzene rings is 1. The fourth-order valence-electron chi connectivity index (χ4n) is 2.78. The number of ether oxygens (including phenoxy) is 1. The van der Waals surface area contributed by atoms with Gasteiger partial charge >= 0.3 is 11.7 Å². The number of aromatic amines is 2. The largest absolute Gasteiger partial charge is 0.461 e. The van der Waals surface area contributed by atoms with Crippen molar-refractivity contribution in [2.24, 2.45) is 0 Å². The highest BCUT2D eigenvalue weighted by Gasteiger charge is 2.14. The van der Waals surface area contributed by atoms with Gasteiger partial charge < -0.3 is 10.1 Å². The minimum Gasteiger partial charge on any atom is -0.461 e. The lowest BCUT2D eigenvalue weighted by Crippen LogP contribution is -2.24. The summed E-state index contributed by atoms with van der Waals surface area (Å²) in [7, 11) is 0. The third kappa shape index (κ3) is 4.05. The van der Waals surface area contributed by atoms with Crippen molar-refractivity contribution >= 4 is 22.7 Å². The van der Waals surface area contributed by atoms with E-state index in [1.807, 2.05) is 32.0 Å². The van der Waals surface area contributed by atoms with E-state index in [1.54, 1.807) is 0 Å². The number of hydrogen-bond acceptors (Lipinski definition) is 6. The molecular weight excluding hydrogens is 348 g/mol. The van der Waals surface area contributed by atoms with E-state index in [1.165, 1.54) is 18.7 Å². The van der Waals surface area contributed by atoms with E-state index in [0.717, 1.165) is 11.3 Å². The Morgan fingerprint density at radius 1 is 1.19 bits per heavy atom. The van der Waals surface area contributed by atoms with Gasteiger partial charge in [-0.1, -0.05) is 6.07 Å². The molecule has 0 bridgehead atoms. The van der Waals surface area contributed by atoms with Crippen LogP contribution in [0.1, 0.15) is 29.2 Å². The smallest absolute Gasteiger partial charge is 0.327 e. The molecule has 0 fully saturated rings. The summed E-state index contributed by atoms with van der Waals surface area (Å²) in [5.74, 6) is -0.432. The number of pyridine rings is 1. The number of nitrogens with one attached hydrogen (secondary N) is 3. The number of H-pyrrole nitrogens is 2. The molecule has 2 aromatic heterocycles. The van der Waals surface area contributed by atoms with Gasteiger partial charge in [-0.2, -0.15) is 0 Å². The van der Waals surface area contributed by atoms with Crippen LogP contribution in [0, 0.1) is 13.8 Å². The number of aryl methyl sites for hydroxylation is 2. The highest BCUT2D eigenvalue weighted by atomic mass is 16.5. The Morgan fingerprint density at radius 3 is 2.67 bits per heavy atom. The third-order valence-corrected chi connectivity index (χ3v) is 4.37. The summed E-state index contributed by atoms with van der Waals surface area (Å²) >= 11 is 0. The van der Waals surface area contributed by atoms with Crippen LogP contribution in [0.2, 0.25) is 0 Å². The van der Waals surface area contributed by atoms with Gasteiger partial charge in [0.1, 0.15) is 12.3 Å². The van der Waals surface area contributed by atoms with Crippen molar-refractivity contribution in [3.63, 3.8) is 0 Å². The van der Waals surface area contributed by atoms with E-state index in [9.17, 15) is 14.4 Å². The zero-order valence-electron chi connectivity index (χ0n) is 15.3. The summed E-state index contributed by atoms with van der Waals surface area (Å²) in [6, 6.07) is 5.96. The van der Waals surface area contributed by atoms with Gasteiger partial charge in [-0.15, -0.1) is 0 Å². The van der Waals surface area contributed by atoms with Gasteiger partial charge in [-0.25, -0.2) is 9.78 Å². The van der Waals surface area contributed by atoms with Gasteiger partial charge in [0.15, 0.2) is 0 Å². The molecule has 8 nitrogen and oxygen atoms in total. The zero-order valence-corrected chi connectivity index (χ0v) is 15.3. The van der Waals surface area contributed by atoms with Crippen molar-refractivity contribution in [1.82, 2.24) is 15.0 Å². The van der Waals surface area contributed by atoms with Crippen LogP contribution >= 0.6 is 0 Å². The molecule has 3 N–H and O–H groups in total. The number of carbonyl (C=O) groups excluding carboxylic acids is 1. The second kappa shape index (κ2) is 7.45. The molecule has 3 aromatic rings. The highest BCUT2D eigenvalue weighted by molar-refractivity contribution is 5.79. The molecule has 0 saturated carbocycles. The van der Waals surface area contributed by atoms with E-state index in [2.05, 4.69) is 20.3 Å². The molecule has 0 aliphatic heterocycles. The fraction of sp³-hybridized carbons (Fsp3) is 0.263. The molecule has 8 heteroatoms.